The zero-order valence-corrected chi connectivity index (χ0v) is 16.4. The first kappa shape index (κ1) is 21.8. The van der Waals surface area contributed by atoms with E-state index in [-0.39, 0.29) is 0 Å². The van der Waals surface area contributed by atoms with Gasteiger partial charge in [0.05, 0.1) is 18.4 Å². The number of aliphatic carboxylic acids is 1. The number of rotatable bonds is 5. The quantitative estimate of drug-likeness (QED) is 0.445. The number of imidazole rings is 1. The zero-order chi connectivity index (χ0) is 22.4. The van der Waals surface area contributed by atoms with Crippen LogP contribution >= 0.6 is 0 Å². The van der Waals surface area contributed by atoms with Crippen molar-refractivity contribution in [1.82, 2.24) is 24.6 Å². The molecular weight excluding hydrogens is 413 g/mol. The number of nitrogens with zero attached hydrogens (tertiary/aromatic N) is 4. The van der Waals surface area contributed by atoms with E-state index in [1.165, 1.54) is 5.56 Å². The number of aromatic amines is 1. The summed E-state index contributed by atoms with van der Waals surface area (Å²) in [5.74, 6) is -0.880. The lowest BCUT2D eigenvalue weighted by atomic mass is 10.1. The van der Waals surface area contributed by atoms with E-state index in [2.05, 4.69) is 49.7 Å². The fourth-order valence-corrected chi connectivity index (χ4v) is 2.69. The second kappa shape index (κ2) is 9.28. The minimum Gasteiger partial charge on any atom is -0.475 e. The molecule has 0 unspecified atom stereocenters. The number of hydrogen-bond acceptors (Lipinski definition) is 5. The third-order valence-corrected chi connectivity index (χ3v) is 4.18. The lowest BCUT2D eigenvalue weighted by molar-refractivity contribution is -0.192. The minimum absolute atomic E-state index is 0.731. The summed E-state index contributed by atoms with van der Waals surface area (Å²) in [5.41, 5.74) is 4.24. The van der Waals surface area contributed by atoms with Crippen LogP contribution in [0.2, 0.25) is 0 Å². The summed E-state index contributed by atoms with van der Waals surface area (Å²) >= 11 is 0. The van der Waals surface area contributed by atoms with E-state index in [4.69, 9.17) is 9.90 Å². The second-order valence-corrected chi connectivity index (χ2v) is 6.57. The largest absolute Gasteiger partial charge is 0.490 e. The molecule has 11 heteroatoms. The zero-order valence-electron chi connectivity index (χ0n) is 16.4. The molecule has 1 aromatic carbocycles. The van der Waals surface area contributed by atoms with Crippen molar-refractivity contribution in [2.75, 3.05) is 5.32 Å². The number of aromatic nitrogens is 5. The van der Waals surface area contributed by atoms with Crippen LogP contribution in [-0.2, 0) is 17.8 Å². The Labute approximate surface area is 174 Å². The molecule has 0 saturated carbocycles. The molecule has 0 aliphatic rings. The summed E-state index contributed by atoms with van der Waals surface area (Å²) < 4.78 is 33.8. The highest BCUT2D eigenvalue weighted by atomic mass is 19.4. The number of pyridine rings is 1. The summed E-state index contributed by atoms with van der Waals surface area (Å²) in [7, 11) is 0. The molecule has 0 amide bonds. The first-order valence-corrected chi connectivity index (χ1v) is 9.14. The Bertz CT molecular complexity index is 1150. The fourth-order valence-electron chi connectivity index (χ4n) is 2.69. The van der Waals surface area contributed by atoms with Gasteiger partial charge >= 0.3 is 12.1 Å². The van der Waals surface area contributed by atoms with Crippen molar-refractivity contribution < 1.29 is 23.1 Å². The van der Waals surface area contributed by atoms with Gasteiger partial charge in [-0.05, 0) is 36.8 Å². The van der Waals surface area contributed by atoms with Crippen molar-refractivity contribution >= 4 is 17.3 Å². The number of benzene rings is 1. The topological polar surface area (TPSA) is 108 Å². The van der Waals surface area contributed by atoms with Crippen LogP contribution in [0.4, 0.5) is 18.9 Å². The minimum atomic E-state index is -5.08. The number of anilines is 1. The third kappa shape index (κ3) is 6.04. The summed E-state index contributed by atoms with van der Waals surface area (Å²) in [6, 6.07) is 14.3. The van der Waals surface area contributed by atoms with Crippen LogP contribution in [0.15, 0.2) is 54.9 Å². The molecule has 0 fully saturated rings. The van der Waals surface area contributed by atoms with E-state index in [0.717, 1.165) is 41.6 Å². The fraction of sp³-hybridized carbons (Fsp3) is 0.200. The van der Waals surface area contributed by atoms with Gasteiger partial charge in [0.25, 0.3) is 0 Å². The van der Waals surface area contributed by atoms with Crippen molar-refractivity contribution in [3.05, 3.63) is 77.8 Å². The van der Waals surface area contributed by atoms with Gasteiger partial charge in [-0.2, -0.15) is 13.2 Å². The average Bonchev–Trinajstić information content (AvgIpc) is 3.33. The van der Waals surface area contributed by atoms with E-state index < -0.39 is 12.1 Å². The Morgan fingerprint density at radius 3 is 2.48 bits per heavy atom. The maximum Gasteiger partial charge on any atom is 0.490 e. The lowest BCUT2D eigenvalue weighted by Gasteiger charge is -2.06. The number of carboxylic acid groups (broad SMARTS) is 1. The summed E-state index contributed by atoms with van der Waals surface area (Å²) in [6.45, 7) is 2.68. The normalized spacial score (nSPS) is 11.1. The van der Waals surface area contributed by atoms with Gasteiger partial charge in [-0.3, -0.25) is 4.40 Å². The molecule has 0 saturated heterocycles. The predicted molar refractivity (Wildman–Crippen MR) is 107 cm³/mol. The number of H-pyrrole nitrogens is 1. The molecule has 0 aliphatic carbocycles. The number of fused-ring (bicyclic) bond motifs is 1. The SMILES string of the molecule is Cc1ncc(CNc2ccc(Cc3nnc4ccccn34)cc2)[nH]1.O=C(O)C(F)(F)F. The molecule has 3 N–H and O–H groups in total. The standard InChI is InChI=1S/C18H18N6.C2HF3O2/c1-13-19-11-16(21-13)12-20-15-7-5-14(6-8-15)10-18-23-22-17-4-2-3-9-24(17)18;3-2(4,5)1(6)7/h2-9,11,20H,10,12H2,1H3,(H,19,21);(H,6,7). The molecule has 0 aliphatic heterocycles. The maximum absolute atomic E-state index is 10.6. The monoisotopic (exact) mass is 432 g/mol. The highest BCUT2D eigenvalue weighted by Crippen LogP contribution is 2.15. The first-order chi connectivity index (χ1) is 14.7. The van der Waals surface area contributed by atoms with Crippen molar-refractivity contribution in [2.45, 2.75) is 26.1 Å². The number of hydrogen-bond donors (Lipinski definition) is 3. The highest BCUT2D eigenvalue weighted by Gasteiger charge is 2.38. The number of nitrogens with one attached hydrogen (secondary N) is 2. The average molecular weight is 432 g/mol. The number of carboxylic acids is 1. The van der Waals surface area contributed by atoms with Gasteiger partial charge in [0.2, 0.25) is 0 Å². The van der Waals surface area contributed by atoms with E-state index in [1.807, 2.05) is 41.9 Å². The molecule has 0 bridgehead atoms. The number of halogens is 3. The maximum atomic E-state index is 10.6. The van der Waals surface area contributed by atoms with Gasteiger partial charge in [-0.15, -0.1) is 10.2 Å². The summed E-state index contributed by atoms with van der Waals surface area (Å²) in [4.78, 5) is 16.3. The van der Waals surface area contributed by atoms with Gasteiger partial charge in [0.15, 0.2) is 5.65 Å². The third-order valence-electron chi connectivity index (χ3n) is 4.18. The van der Waals surface area contributed by atoms with E-state index in [9.17, 15) is 13.2 Å². The Kier molecular flexibility index (Phi) is 6.53. The molecule has 162 valence electrons. The van der Waals surface area contributed by atoms with Crippen molar-refractivity contribution in [2.24, 2.45) is 0 Å². The van der Waals surface area contributed by atoms with Crippen molar-refractivity contribution in [1.29, 1.82) is 0 Å². The Hall–Kier alpha value is -3.89. The van der Waals surface area contributed by atoms with Crippen molar-refractivity contribution in [3.63, 3.8) is 0 Å². The first-order valence-electron chi connectivity index (χ1n) is 9.14. The van der Waals surface area contributed by atoms with Gasteiger partial charge in [-0.25, -0.2) is 9.78 Å². The van der Waals surface area contributed by atoms with E-state index >= 15 is 0 Å². The lowest BCUT2D eigenvalue weighted by Crippen LogP contribution is -2.21. The Morgan fingerprint density at radius 1 is 1.16 bits per heavy atom. The predicted octanol–water partition coefficient (Wildman–Crippen LogP) is 3.60. The van der Waals surface area contributed by atoms with Gasteiger partial charge in [-0.1, -0.05) is 18.2 Å². The molecule has 31 heavy (non-hydrogen) atoms. The van der Waals surface area contributed by atoms with Crippen LogP contribution in [-0.4, -0.2) is 41.8 Å². The molecule has 3 heterocycles. The van der Waals surface area contributed by atoms with Crippen LogP contribution in [0, 0.1) is 6.92 Å². The van der Waals surface area contributed by atoms with Crippen molar-refractivity contribution in [3.8, 4) is 0 Å². The molecule has 0 atom stereocenters. The molecule has 4 aromatic rings. The molecule has 3 aromatic heterocycles. The number of alkyl halides is 3. The van der Waals surface area contributed by atoms with Gasteiger partial charge < -0.3 is 15.4 Å². The molecule has 0 radical (unpaired) electrons. The van der Waals surface area contributed by atoms with Gasteiger partial charge in [0.1, 0.15) is 11.6 Å². The Morgan fingerprint density at radius 2 is 1.87 bits per heavy atom. The van der Waals surface area contributed by atoms with Crippen LogP contribution < -0.4 is 5.32 Å². The molecule has 4 rings (SSSR count). The number of carbonyl (C=O) groups is 1. The van der Waals surface area contributed by atoms with E-state index in [0.29, 0.717) is 0 Å². The molecule has 8 nitrogen and oxygen atoms in total. The smallest absolute Gasteiger partial charge is 0.475 e. The van der Waals surface area contributed by atoms with Crippen LogP contribution in [0.1, 0.15) is 22.9 Å². The number of aryl methyl sites for hydroxylation is 1. The highest BCUT2D eigenvalue weighted by molar-refractivity contribution is 5.73. The molecule has 0 spiro atoms. The van der Waals surface area contributed by atoms with Crippen LogP contribution in [0.5, 0.6) is 0 Å². The summed E-state index contributed by atoms with van der Waals surface area (Å²) in [6.07, 6.45) is -0.481. The summed E-state index contributed by atoms with van der Waals surface area (Å²) in [5, 5.41) is 19.0. The molecular formula is C20H19F3N6O2. The second-order valence-electron chi connectivity index (χ2n) is 6.57. The Balaban J connectivity index is 0.000000339. The van der Waals surface area contributed by atoms with Crippen LogP contribution in [0.3, 0.4) is 0 Å². The van der Waals surface area contributed by atoms with E-state index in [1.54, 1.807) is 0 Å². The van der Waals surface area contributed by atoms with Crippen LogP contribution in [0.25, 0.3) is 5.65 Å². The van der Waals surface area contributed by atoms with Gasteiger partial charge in [0, 0.05) is 18.3 Å².